The Labute approximate surface area is 373 Å². The van der Waals surface area contributed by atoms with E-state index in [9.17, 15) is 19.0 Å². The predicted octanol–water partition coefficient (Wildman–Crippen LogP) is 14.0. The van der Waals surface area contributed by atoms with E-state index in [1.165, 1.54) is 25.7 Å². The summed E-state index contributed by atoms with van der Waals surface area (Å²) in [4.78, 5) is 35.4. The van der Waals surface area contributed by atoms with Crippen LogP contribution < -0.4 is 0 Å². The van der Waals surface area contributed by atoms with Gasteiger partial charge < -0.3 is 18.9 Å². The molecule has 10 heteroatoms. The number of phosphoric ester groups is 1. The molecule has 2 unspecified atom stereocenters. The maximum absolute atomic E-state index is 12.7. The number of hydrogen-bond acceptors (Lipinski definition) is 7. The first-order valence-corrected chi connectivity index (χ1v) is 25.3. The summed E-state index contributed by atoms with van der Waals surface area (Å²) in [6.45, 7) is 4.24. The second-order valence-electron chi connectivity index (χ2n) is 16.8. The molecule has 0 aliphatic carbocycles. The van der Waals surface area contributed by atoms with Crippen LogP contribution >= 0.6 is 7.82 Å². The molecule has 0 fully saturated rings. The lowest BCUT2D eigenvalue weighted by molar-refractivity contribution is -0.870. The Kier molecular flexibility index (Phi) is 40.5. The second kappa shape index (κ2) is 42.5. The molecule has 0 aromatic rings. The fourth-order valence-corrected chi connectivity index (χ4v) is 6.69. The molecule has 1 N–H and O–H groups in total. The molecule has 0 aromatic heterocycles. The summed E-state index contributed by atoms with van der Waals surface area (Å²) in [5, 5.41) is 0. The van der Waals surface area contributed by atoms with Crippen molar-refractivity contribution in [3.63, 3.8) is 0 Å². The number of rotatable bonds is 42. The lowest BCUT2D eigenvalue weighted by Crippen LogP contribution is -2.37. The molecule has 0 amide bonds. The molecule has 0 saturated carbocycles. The highest BCUT2D eigenvalue weighted by molar-refractivity contribution is 7.47. The van der Waals surface area contributed by atoms with E-state index in [-0.39, 0.29) is 32.0 Å². The van der Waals surface area contributed by atoms with Gasteiger partial charge in [-0.25, -0.2) is 4.57 Å². The van der Waals surface area contributed by atoms with Crippen molar-refractivity contribution in [2.75, 3.05) is 47.5 Å². The number of carbonyl (C=O) groups excluding carboxylic acids is 2. The quantitative estimate of drug-likeness (QED) is 0.0212. The van der Waals surface area contributed by atoms with Crippen molar-refractivity contribution in [1.29, 1.82) is 0 Å². The summed E-state index contributed by atoms with van der Waals surface area (Å²) < 4.78 is 34.3. The Morgan fingerprint density at radius 1 is 0.525 bits per heavy atom. The summed E-state index contributed by atoms with van der Waals surface area (Å²) >= 11 is 0. The summed E-state index contributed by atoms with van der Waals surface area (Å²) in [6, 6.07) is 0. The summed E-state index contributed by atoms with van der Waals surface area (Å²) in [5.41, 5.74) is 0. The standard InChI is InChI=1S/C51H88NO8P/c1-6-8-10-12-14-16-18-20-21-22-23-24-25-26-27-28-29-30-31-32-34-36-38-40-42-44-51(54)60-49(48-59-61(55,56)58-46-45-52(3,4)5)47-57-50(53)43-41-39-37-35-33-19-17-15-13-11-9-7-2/h8,10,14-17,20-21,23-24,26-27,29-30,49H,6-7,9,11-13,18-19,22,25,28,31-48H2,1-5H3/p+1/b10-8-,16-14-,17-15-,21-20-,24-23-,27-26-,30-29-. The zero-order chi connectivity index (χ0) is 45.0. The lowest BCUT2D eigenvalue weighted by atomic mass is 10.1. The normalized spacial score (nSPS) is 14.3. The average Bonchev–Trinajstić information content (AvgIpc) is 3.21. The Balaban J connectivity index is 4.32. The van der Waals surface area contributed by atoms with E-state index in [0.29, 0.717) is 17.4 Å². The van der Waals surface area contributed by atoms with Crippen LogP contribution in [0.3, 0.4) is 0 Å². The third-order valence-corrected chi connectivity index (χ3v) is 10.6. The minimum absolute atomic E-state index is 0.0228. The molecule has 0 saturated heterocycles. The average molecular weight is 875 g/mol. The second-order valence-corrected chi connectivity index (χ2v) is 18.2. The van der Waals surface area contributed by atoms with Crippen molar-refractivity contribution < 1.29 is 42.1 Å². The molecule has 9 nitrogen and oxygen atoms in total. The third kappa shape index (κ3) is 46.5. The SMILES string of the molecule is CC/C=C\C/C=C\C/C=C\C/C=C\C/C=C\C/C=C\CCCCCCCCC(=O)OC(COC(=O)CCCCCCC/C=C\CCCCC)COP(=O)(O)OCC[N+](C)(C)C. The fourth-order valence-electron chi connectivity index (χ4n) is 5.95. The Bertz CT molecular complexity index is 1310. The van der Waals surface area contributed by atoms with E-state index < -0.39 is 26.5 Å². The van der Waals surface area contributed by atoms with Crippen LogP contribution in [0.1, 0.15) is 174 Å². The highest BCUT2D eigenvalue weighted by Crippen LogP contribution is 2.43. The Morgan fingerprint density at radius 2 is 0.934 bits per heavy atom. The first kappa shape index (κ1) is 58.2. The number of nitrogens with zero attached hydrogens (tertiary/aromatic N) is 1. The number of quaternary nitrogens is 1. The van der Waals surface area contributed by atoms with Gasteiger partial charge in [-0.2, -0.15) is 0 Å². The van der Waals surface area contributed by atoms with Crippen LogP contribution in [-0.2, 0) is 32.7 Å². The summed E-state index contributed by atoms with van der Waals surface area (Å²) in [5.74, 6) is -0.833. The van der Waals surface area contributed by atoms with E-state index in [4.69, 9.17) is 18.5 Å². The number of hydrogen-bond donors (Lipinski definition) is 1. The summed E-state index contributed by atoms with van der Waals surface area (Å²) in [6.07, 6.45) is 54.9. The zero-order valence-corrected chi connectivity index (χ0v) is 40.3. The molecule has 2 atom stereocenters. The van der Waals surface area contributed by atoms with Gasteiger partial charge in [0.05, 0.1) is 27.7 Å². The van der Waals surface area contributed by atoms with E-state index >= 15 is 0 Å². The van der Waals surface area contributed by atoms with Crippen molar-refractivity contribution in [3.05, 3.63) is 85.1 Å². The van der Waals surface area contributed by atoms with Crippen molar-refractivity contribution >= 4 is 19.8 Å². The molecule has 0 heterocycles. The molecule has 61 heavy (non-hydrogen) atoms. The molecule has 0 radical (unpaired) electrons. The van der Waals surface area contributed by atoms with Crippen LogP contribution in [0.5, 0.6) is 0 Å². The molecule has 0 rings (SSSR count). The first-order chi connectivity index (χ1) is 29.5. The minimum atomic E-state index is -4.39. The van der Waals surface area contributed by atoms with Gasteiger partial charge in [0, 0.05) is 12.8 Å². The van der Waals surface area contributed by atoms with Gasteiger partial charge in [0.15, 0.2) is 6.10 Å². The predicted molar refractivity (Wildman–Crippen MR) is 256 cm³/mol. The fraction of sp³-hybridized carbons (Fsp3) is 0.686. The number of likely N-dealkylation sites (N-methyl/N-ethyl adjacent to an activating group) is 1. The van der Waals surface area contributed by atoms with Crippen LogP contribution in [0.2, 0.25) is 0 Å². The third-order valence-electron chi connectivity index (χ3n) is 9.66. The van der Waals surface area contributed by atoms with Crippen LogP contribution in [0.15, 0.2) is 85.1 Å². The van der Waals surface area contributed by atoms with E-state index in [1.807, 2.05) is 21.1 Å². The largest absolute Gasteiger partial charge is 0.472 e. The molecular weight excluding hydrogens is 786 g/mol. The molecule has 350 valence electrons. The van der Waals surface area contributed by atoms with E-state index in [0.717, 1.165) is 116 Å². The van der Waals surface area contributed by atoms with Crippen molar-refractivity contribution in [3.8, 4) is 0 Å². The molecule has 0 aliphatic heterocycles. The maximum Gasteiger partial charge on any atom is 0.472 e. The number of allylic oxidation sites excluding steroid dienone is 14. The lowest BCUT2D eigenvalue weighted by Gasteiger charge is -2.24. The van der Waals surface area contributed by atoms with Gasteiger partial charge in [0.1, 0.15) is 19.8 Å². The molecule has 0 spiro atoms. The number of phosphoric acid groups is 1. The van der Waals surface area contributed by atoms with Gasteiger partial charge in [-0.1, -0.05) is 157 Å². The molecule has 0 aliphatic rings. The van der Waals surface area contributed by atoms with Crippen LogP contribution in [-0.4, -0.2) is 74.9 Å². The zero-order valence-electron chi connectivity index (χ0n) is 39.4. The van der Waals surface area contributed by atoms with Gasteiger partial charge in [-0.15, -0.1) is 0 Å². The smallest absolute Gasteiger partial charge is 0.462 e. The maximum atomic E-state index is 12.7. The summed E-state index contributed by atoms with van der Waals surface area (Å²) in [7, 11) is 1.45. The Hall–Kier alpha value is -2.81. The molecule has 0 bridgehead atoms. The topological polar surface area (TPSA) is 108 Å². The van der Waals surface area contributed by atoms with Gasteiger partial charge in [-0.3, -0.25) is 18.6 Å². The van der Waals surface area contributed by atoms with Crippen LogP contribution in [0.4, 0.5) is 0 Å². The first-order valence-electron chi connectivity index (χ1n) is 23.8. The van der Waals surface area contributed by atoms with Crippen molar-refractivity contribution in [1.82, 2.24) is 0 Å². The van der Waals surface area contributed by atoms with Crippen LogP contribution in [0.25, 0.3) is 0 Å². The molecule has 0 aromatic carbocycles. The van der Waals surface area contributed by atoms with Gasteiger partial charge in [-0.05, 0) is 89.9 Å². The van der Waals surface area contributed by atoms with E-state index in [1.54, 1.807) is 0 Å². The van der Waals surface area contributed by atoms with Crippen LogP contribution in [0, 0.1) is 0 Å². The minimum Gasteiger partial charge on any atom is -0.462 e. The van der Waals surface area contributed by atoms with Crippen molar-refractivity contribution in [2.45, 2.75) is 180 Å². The van der Waals surface area contributed by atoms with Gasteiger partial charge in [0.25, 0.3) is 0 Å². The number of unbranched alkanes of at least 4 members (excludes halogenated alkanes) is 14. The number of esters is 2. The monoisotopic (exact) mass is 875 g/mol. The van der Waals surface area contributed by atoms with Gasteiger partial charge in [0.2, 0.25) is 0 Å². The highest BCUT2D eigenvalue weighted by Gasteiger charge is 2.27. The van der Waals surface area contributed by atoms with E-state index in [2.05, 4.69) is 98.9 Å². The number of carbonyl (C=O) groups is 2. The highest BCUT2D eigenvalue weighted by atomic mass is 31.2. The number of ether oxygens (including phenoxy) is 2. The molecular formula is C51H89NO8P+. The Morgan fingerprint density at radius 3 is 1.41 bits per heavy atom. The van der Waals surface area contributed by atoms with Gasteiger partial charge >= 0.3 is 19.8 Å². The van der Waals surface area contributed by atoms with Crippen molar-refractivity contribution in [2.24, 2.45) is 0 Å².